The van der Waals surface area contributed by atoms with Crippen molar-refractivity contribution in [3.05, 3.63) is 15.6 Å². The second-order valence-electron chi connectivity index (χ2n) is 3.23. The van der Waals surface area contributed by atoms with Crippen LogP contribution in [0.2, 0.25) is 0 Å². The Morgan fingerprint density at radius 1 is 1.38 bits per heavy atom. The van der Waals surface area contributed by atoms with Crippen molar-refractivity contribution in [2.24, 2.45) is 0 Å². The van der Waals surface area contributed by atoms with Gasteiger partial charge in [-0.1, -0.05) is 13.8 Å². The first kappa shape index (κ1) is 11.1. The highest BCUT2D eigenvalue weighted by atomic mass is 32.1. The molecule has 0 saturated carbocycles. The second kappa shape index (κ2) is 5.01. The van der Waals surface area contributed by atoms with E-state index in [9.17, 15) is 0 Å². The maximum absolute atomic E-state index is 4.59. The minimum absolute atomic E-state index is 0.650. The van der Waals surface area contributed by atoms with Gasteiger partial charge in [-0.15, -0.1) is 11.3 Å². The summed E-state index contributed by atoms with van der Waals surface area (Å²) in [7, 11) is 0. The molecule has 0 aliphatic heterocycles. The van der Waals surface area contributed by atoms with Gasteiger partial charge in [0.05, 0.1) is 10.7 Å². The van der Waals surface area contributed by atoms with Crippen LogP contribution in [0.1, 0.15) is 48.2 Å². The van der Waals surface area contributed by atoms with E-state index in [0.717, 1.165) is 5.75 Å². The van der Waals surface area contributed by atoms with Crippen molar-refractivity contribution in [3.8, 4) is 0 Å². The second-order valence-corrected chi connectivity index (χ2v) is 4.66. The number of rotatable bonds is 4. The topological polar surface area (TPSA) is 12.9 Å². The van der Waals surface area contributed by atoms with Gasteiger partial charge in [-0.2, -0.15) is 12.6 Å². The van der Waals surface area contributed by atoms with E-state index in [4.69, 9.17) is 0 Å². The summed E-state index contributed by atoms with van der Waals surface area (Å²) in [6, 6.07) is 0. The molecule has 0 atom stereocenters. The third-order valence-electron chi connectivity index (χ3n) is 2.39. The van der Waals surface area contributed by atoms with Crippen molar-refractivity contribution < 1.29 is 0 Å². The van der Waals surface area contributed by atoms with E-state index in [2.05, 4.69) is 38.4 Å². The first-order chi connectivity index (χ1) is 6.22. The lowest BCUT2D eigenvalue weighted by Gasteiger charge is -2.06. The van der Waals surface area contributed by atoms with Crippen LogP contribution >= 0.6 is 24.0 Å². The number of thiazole rings is 1. The zero-order chi connectivity index (χ0) is 9.84. The van der Waals surface area contributed by atoms with Crippen molar-refractivity contribution in [1.29, 1.82) is 0 Å². The molecule has 0 fully saturated rings. The molecule has 0 bridgehead atoms. The average Bonchev–Trinajstić information content (AvgIpc) is 2.49. The molecule has 0 spiro atoms. The normalized spacial score (nSPS) is 11.2. The van der Waals surface area contributed by atoms with E-state index in [1.807, 2.05) is 11.3 Å². The maximum atomic E-state index is 4.59. The molecule has 1 aromatic rings. The molecule has 1 rings (SSSR count). The number of aromatic nitrogens is 1. The van der Waals surface area contributed by atoms with Crippen molar-refractivity contribution in [2.75, 3.05) is 0 Å². The first-order valence-corrected chi connectivity index (χ1v) is 6.24. The number of thiol groups is 1. The number of hydrogen-bond donors (Lipinski definition) is 1. The van der Waals surface area contributed by atoms with Gasteiger partial charge in [0.2, 0.25) is 0 Å². The van der Waals surface area contributed by atoms with Gasteiger partial charge >= 0.3 is 0 Å². The molecule has 74 valence electrons. The Balaban J connectivity index is 2.88. The van der Waals surface area contributed by atoms with Crippen LogP contribution in [0.3, 0.4) is 0 Å². The van der Waals surface area contributed by atoms with Gasteiger partial charge in [0.1, 0.15) is 0 Å². The molecule has 0 unspecified atom stereocenters. The standard InChI is InChI=1S/C10H17NS2/c1-4-8(5-2)10-11-7(3)9(6-12)13-10/h8,12H,4-6H2,1-3H3. The predicted molar refractivity (Wildman–Crippen MR) is 62.9 cm³/mol. The molecule has 0 amide bonds. The largest absolute Gasteiger partial charge is 0.246 e. The van der Waals surface area contributed by atoms with E-state index in [0.29, 0.717) is 5.92 Å². The summed E-state index contributed by atoms with van der Waals surface area (Å²) in [5.41, 5.74) is 1.17. The van der Waals surface area contributed by atoms with E-state index in [-0.39, 0.29) is 0 Å². The summed E-state index contributed by atoms with van der Waals surface area (Å²) in [5.74, 6) is 1.47. The lowest BCUT2D eigenvalue weighted by molar-refractivity contribution is 0.636. The Kier molecular flexibility index (Phi) is 4.26. The molecule has 1 heterocycles. The minimum atomic E-state index is 0.650. The van der Waals surface area contributed by atoms with Crippen molar-refractivity contribution in [3.63, 3.8) is 0 Å². The van der Waals surface area contributed by atoms with E-state index in [1.165, 1.54) is 28.4 Å². The SMILES string of the molecule is CCC(CC)c1nc(C)c(CS)s1. The molecular formula is C10H17NS2. The molecule has 0 aromatic carbocycles. The summed E-state index contributed by atoms with van der Waals surface area (Å²) in [5, 5.41) is 1.30. The van der Waals surface area contributed by atoms with Gasteiger partial charge in [-0.3, -0.25) is 0 Å². The fourth-order valence-electron chi connectivity index (χ4n) is 1.41. The highest BCUT2D eigenvalue weighted by molar-refractivity contribution is 7.79. The average molecular weight is 215 g/mol. The Bertz CT molecular complexity index is 264. The molecular weight excluding hydrogens is 198 g/mol. The number of aryl methyl sites for hydroxylation is 1. The van der Waals surface area contributed by atoms with Crippen molar-refractivity contribution >= 4 is 24.0 Å². The lowest BCUT2D eigenvalue weighted by atomic mass is 10.1. The zero-order valence-corrected chi connectivity index (χ0v) is 10.2. The Labute approximate surface area is 90.0 Å². The quantitative estimate of drug-likeness (QED) is 0.754. The molecule has 0 aliphatic rings. The van der Waals surface area contributed by atoms with Gasteiger partial charge in [0.25, 0.3) is 0 Å². The van der Waals surface area contributed by atoms with Crippen LogP contribution in [0.25, 0.3) is 0 Å². The maximum Gasteiger partial charge on any atom is 0.0961 e. The van der Waals surface area contributed by atoms with Crippen molar-refractivity contribution in [1.82, 2.24) is 4.98 Å². The predicted octanol–water partition coefficient (Wildman–Crippen LogP) is 3.78. The molecule has 0 N–H and O–H groups in total. The fraction of sp³-hybridized carbons (Fsp3) is 0.700. The Morgan fingerprint density at radius 2 is 2.00 bits per heavy atom. The third-order valence-corrected chi connectivity index (χ3v) is 4.24. The Hall–Kier alpha value is -0.0200. The lowest BCUT2D eigenvalue weighted by Crippen LogP contribution is -1.93. The summed E-state index contributed by atoms with van der Waals surface area (Å²) in [6.45, 7) is 6.53. The van der Waals surface area contributed by atoms with Crippen LogP contribution in [0.5, 0.6) is 0 Å². The molecule has 0 aliphatic carbocycles. The van der Waals surface area contributed by atoms with Crippen molar-refractivity contribution in [2.45, 2.75) is 45.3 Å². The highest BCUT2D eigenvalue weighted by Crippen LogP contribution is 2.29. The van der Waals surface area contributed by atoms with Crippen LogP contribution in [0.4, 0.5) is 0 Å². The van der Waals surface area contributed by atoms with Gasteiger partial charge in [-0.25, -0.2) is 4.98 Å². The Morgan fingerprint density at radius 3 is 2.38 bits per heavy atom. The van der Waals surface area contributed by atoms with E-state index in [1.54, 1.807) is 0 Å². The van der Waals surface area contributed by atoms with E-state index < -0.39 is 0 Å². The van der Waals surface area contributed by atoms with Gasteiger partial charge < -0.3 is 0 Å². The van der Waals surface area contributed by atoms with Crippen LogP contribution in [-0.4, -0.2) is 4.98 Å². The van der Waals surface area contributed by atoms with Gasteiger partial charge in [0.15, 0.2) is 0 Å². The first-order valence-electron chi connectivity index (χ1n) is 4.79. The number of nitrogens with zero attached hydrogens (tertiary/aromatic N) is 1. The van der Waals surface area contributed by atoms with Crippen LogP contribution in [0, 0.1) is 6.92 Å². The van der Waals surface area contributed by atoms with Crippen LogP contribution in [0.15, 0.2) is 0 Å². The molecule has 0 radical (unpaired) electrons. The smallest absolute Gasteiger partial charge is 0.0961 e. The molecule has 1 nitrogen and oxygen atoms in total. The summed E-state index contributed by atoms with van der Waals surface area (Å²) in [4.78, 5) is 5.92. The molecule has 0 saturated heterocycles. The molecule has 1 aromatic heterocycles. The third kappa shape index (κ3) is 2.47. The van der Waals surface area contributed by atoms with Crippen LogP contribution < -0.4 is 0 Å². The van der Waals surface area contributed by atoms with E-state index >= 15 is 0 Å². The minimum Gasteiger partial charge on any atom is -0.246 e. The summed E-state index contributed by atoms with van der Waals surface area (Å²) < 4.78 is 0. The monoisotopic (exact) mass is 215 g/mol. The highest BCUT2D eigenvalue weighted by Gasteiger charge is 2.13. The van der Waals surface area contributed by atoms with Gasteiger partial charge in [-0.05, 0) is 19.8 Å². The molecule has 3 heteroatoms. The summed E-state index contributed by atoms with van der Waals surface area (Å²) >= 11 is 6.12. The summed E-state index contributed by atoms with van der Waals surface area (Å²) in [6.07, 6.45) is 2.38. The van der Waals surface area contributed by atoms with Gasteiger partial charge in [0, 0.05) is 16.5 Å². The zero-order valence-electron chi connectivity index (χ0n) is 8.50. The van der Waals surface area contributed by atoms with Crippen LogP contribution in [-0.2, 0) is 5.75 Å². The molecule has 13 heavy (non-hydrogen) atoms. The number of hydrogen-bond acceptors (Lipinski definition) is 3. The fourth-order valence-corrected chi connectivity index (χ4v) is 3.03.